The number of primary amides is 1. The lowest BCUT2D eigenvalue weighted by molar-refractivity contribution is -0.123. The van der Waals surface area contributed by atoms with Gasteiger partial charge in [0.15, 0.2) is 5.76 Å². The van der Waals surface area contributed by atoms with Gasteiger partial charge in [0.05, 0.1) is 25.0 Å². The van der Waals surface area contributed by atoms with E-state index < -0.39 is 6.03 Å². The average molecular weight is 293 g/mol. The lowest BCUT2D eigenvalue weighted by Gasteiger charge is -2.46. The van der Waals surface area contributed by atoms with E-state index in [1.54, 1.807) is 21.9 Å². The van der Waals surface area contributed by atoms with Crippen molar-refractivity contribution in [3.8, 4) is 0 Å². The van der Waals surface area contributed by atoms with E-state index in [2.05, 4.69) is 0 Å². The third-order valence-electron chi connectivity index (χ3n) is 4.25. The Morgan fingerprint density at radius 2 is 1.95 bits per heavy atom. The van der Waals surface area contributed by atoms with Crippen LogP contribution < -0.4 is 5.73 Å². The van der Waals surface area contributed by atoms with Crippen molar-refractivity contribution < 1.29 is 18.7 Å². The Morgan fingerprint density at radius 3 is 2.57 bits per heavy atom. The summed E-state index contributed by atoms with van der Waals surface area (Å²) >= 11 is 0. The van der Waals surface area contributed by atoms with Crippen LogP contribution in [0.4, 0.5) is 4.79 Å². The molecule has 1 aromatic heterocycles. The van der Waals surface area contributed by atoms with Crippen LogP contribution in [0.1, 0.15) is 23.4 Å². The van der Waals surface area contributed by atoms with Crippen LogP contribution >= 0.6 is 0 Å². The molecule has 2 saturated heterocycles. The minimum atomic E-state index is -0.399. The van der Waals surface area contributed by atoms with Gasteiger partial charge in [0, 0.05) is 19.6 Å². The number of likely N-dealkylation sites (tertiary alicyclic amines) is 1. The molecule has 0 unspecified atom stereocenters. The standard InChI is InChI=1S/C14H19N3O4/c15-13(19)16-5-3-14(4-6-16)10-17(7-9-21-14)12(18)11-2-1-8-20-11/h1-2,8H,3-7,9-10H2,(H2,15,19). The van der Waals surface area contributed by atoms with Crippen LogP contribution in [-0.2, 0) is 4.74 Å². The van der Waals surface area contributed by atoms with E-state index in [9.17, 15) is 9.59 Å². The van der Waals surface area contributed by atoms with Crippen LogP contribution in [0.25, 0.3) is 0 Å². The number of nitrogens with two attached hydrogens (primary N) is 1. The number of hydrogen-bond donors (Lipinski definition) is 1. The predicted octanol–water partition coefficient (Wildman–Crippen LogP) is 0.665. The fourth-order valence-corrected chi connectivity index (χ4v) is 3.01. The van der Waals surface area contributed by atoms with Gasteiger partial charge in [-0.25, -0.2) is 4.79 Å². The Bertz CT molecular complexity index is 520. The molecule has 0 aliphatic carbocycles. The largest absolute Gasteiger partial charge is 0.459 e. The van der Waals surface area contributed by atoms with E-state index in [0.29, 0.717) is 51.4 Å². The SMILES string of the molecule is NC(=O)N1CCC2(CC1)CN(C(=O)c1ccco1)CCO2. The summed E-state index contributed by atoms with van der Waals surface area (Å²) in [5.74, 6) is 0.238. The number of amides is 3. The van der Waals surface area contributed by atoms with Crippen LogP contribution in [0, 0.1) is 0 Å². The topological polar surface area (TPSA) is 89.0 Å². The van der Waals surface area contributed by atoms with Crippen LogP contribution in [-0.4, -0.2) is 60.1 Å². The minimum absolute atomic E-state index is 0.111. The van der Waals surface area contributed by atoms with Gasteiger partial charge in [-0.15, -0.1) is 0 Å². The Hall–Kier alpha value is -2.02. The number of urea groups is 1. The number of carbonyl (C=O) groups excluding carboxylic acids is 2. The van der Waals surface area contributed by atoms with E-state index in [4.69, 9.17) is 14.9 Å². The smallest absolute Gasteiger partial charge is 0.314 e. The van der Waals surface area contributed by atoms with Gasteiger partial charge in [-0.05, 0) is 25.0 Å². The summed E-state index contributed by atoms with van der Waals surface area (Å²) in [5, 5.41) is 0. The van der Waals surface area contributed by atoms with E-state index in [-0.39, 0.29) is 11.5 Å². The number of furan rings is 1. The normalized spacial score (nSPS) is 21.5. The number of piperidine rings is 1. The molecule has 2 N–H and O–H groups in total. The van der Waals surface area contributed by atoms with Gasteiger partial charge < -0.3 is 24.7 Å². The fourth-order valence-electron chi connectivity index (χ4n) is 3.01. The second kappa shape index (κ2) is 5.40. The molecule has 0 aromatic carbocycles. The quantitative estimate of drug-likeness (QED) is 0.824. The molecule has 1 aromatic rings. The summed E-state index contributed by atoms with van der Waals surface area (Å²) in [7, 11) is 0. The van der Waals surface area contributed by atoms with Crippen molar-refractivity contribution in [1.82, 2.24) is 9.80 Å². The third-order valence-corrected chi connectivity index (χ3v) is 4.25. The molecule has 0 saturated carbocycles. The summed E-state index contributed by atoms with van der Waals surface area (Å²) in [6.07, 6.45) is 2.88. The van der Waals surface area contributed by atoms with E-state index in [1.165, 1.54) is 6.26 Å². The molecule has 0 bridgehead atoms. The monoisotopic (exact) mass is 293 g/mol. The zero-order valence-electron chi connectivity index (χ0n) is 11.8. The minimum Gasteiger partial charge on any atom is -0.459 e. The van der Waals surface area contributed by atoms with Crippen LogP contribution in [0.2, 0.25) is 0 Å². The molecule has 0 radical (unpaired) electrons. The fraction of sp³-hybridized carbons (Fsp3) is 0.571. The molecule has 0 atom stereocenters. The first kappa shape index (κ1) is 13.9. The van der Waals surface area contributed by atoms with Gasteiger partial charge in [0.1, 0.15) is 0 Å². The molecule has 1 spiro atoms. The van der Waals surface area contributed by atoms with E-state index >= 15 is 0 Å². The summed E-state index contributed by atoms with van der Waals surface area (Å²) < 4.78 is 11.1. The molecule has 3 heterocycles. The maximum atomic E-state index is 12.4. The van der Waals surface area contributed by atoms with Crippen molar-refractivity contribution in [1.29, 1.82) is 0 Å². The molecular weight excluding hydrogens is 274 g/mol. The van der Waals surface area contributed by atoms with Crippen molar-refractivity contribution in [3.63, 3.8) is 0 Å². The van der Waals surface area contributed by atoms with E-state index in [0.717, 1.165) is 0 Å². The highest BCUT2D eigenvalue weighted by atomic mass is 16.5. The maximum Gasteiger partial charge on any atom is 0.314 e. The summed E-state index contributed by atoms with van der Waals surface area (Å²) in [4.78, 5) is 26.9. The number of rotatable bonds is 1. The molecule has 2 aliphatic heterocycles. The highest BCUT2D eigenvalue weighted by Crippen LogP contribution is 2.30. The highest BCUT2D eigenvalue weighted by Gasteiger charge is 2.42. The zero-order chi connectivity index (χ0) is 14.9. The lowest BCUT2D eigenvalue weighted by Crippen LogP contribution is -2.59. The Kier molecular flexibility index (Phi) is 3.59. The average Bonchev–Trinajstić information content (AvgIpc) is 3.01. The number of hydrogen-bond acceptors (Lipinski definition) is 4. The highest BCUT2D eigenvalue weighted by molar-refractivity contribution is 5.91. The van der Waals surface area contributed by atoms with Gasteiger partial charge in [0.25, 0.3) is 5.91 Å². The molecule has 21 heavy (non-hydrogen) atoms. The first-order valence-electron chi connectivity index (χ1n) is 7.11. The van der Waals surface area contributed by atoms with Crippen LogP contribution in [0.5, 0.6) is 0 Å². The van der Waals surface area contributed by atoms with Gasteiger partial charge in [-0.2, -0.15) is 0 Å². The van der Waals surface area contributed by atoms with Gasteiger partial charge >= 0.3 is 6.03 Å². The lowest BCUT2D eigenvalue weighted by atomic mass is 9.89. The summed E-state index contributed by atoms with van der Waals surface area (Å²) in [6.45, 7) is 2.72. The van der Waals surface area contributed by atoms with Gasteiger partial charge in [-0.1, -0.05) is 0 Å². The molecule has 2 fully saturated rings. The first-order valence-corrected chi connectivity index (χ1v) is 7.11. The molecule has 114 valence electrons. The van der Waals surface area contributed by atoms with Crippen molar-refractivity contribution in [2.45, 2.75) is 18.4 Å². The maximum absolute atomic E-state index is 12.4. The Balaban J connectivity index is 1.66. The van der Waals surface area contributed by atoms with Crippen molar-refractivity contribution in [2.24, 2.45) is 5.73 Å². The van der Waals surface area contributed by atoms with Crippen molar-refractivity contribution in [2.75, 3.05) is 32.8 Å². The second-order valence-electron chi connectivity index (χ2n) is 5.56. The van der Waals surface area contributed by atoms with Crippen LogP contribution in [0.3, 0.4) is 0 Å². The van der Waals surface area contributed by atoms with E-state index in [1.807, 2.05) is 0 Å². The molecule has 2 aliphatic rings. The number of morpholine rings is 1. The second-order valence-corrected chi connectivity index (χ2v) is 5.56. The number of carbonyl (C=O) groups is 2. The molecule has 3 rings (SSSR count). The molecule has 7 heteroatoms. The zero-order valence-corrected chi connectivity index (χ0v) is 11.8. The Morgan fingerprint density at radius 1 is 1.19 bits per heavy atom. The number of ether oxygens (including phenoxy) is 1. The Labute approximate surface area is 122 Å². The van der Waals surface area contributed by atoms with Crippen LogP contribution in [0.15, 0.2) is 22.8 Å². The molecular formula is C14H19N3O4. The van der Waals surface area contributed by atoms with Crippen molar-refractivity contribution in [3.05, 3.63) is 24.2 Å². The van der Waals surface area contributed by atoms with Crippen molar-refractivity contribution >= 4 is 11.9 Å². The molecule has 7 nitrogen and oxygen atoms in total. The summed E-state index contributed by atoms with van der Waals surface area (Å²) in [5.41, 5.74) is 4.93. The third kappa shape index (κ3) is 2.73. The van der Waals surface area contributed by atoms with Gasteiger partial charge in [-0.3, -0.25) is 4.79 Å². The summed E-state index contributed by atoms with van der Waals surface area (Å²) in [6, 6.07) is 2.97. The van der Waals surface area contributed by atoms with Gasteiger partial charge in [0.2, 0.25) is 0 Å². The predicted molar refractivity (Wildman–Crippen MR) is 73.7 cm³/mol. The first-order chi connectivity index (χ1) is 10.1. The molecule has 3 amide bonds. The number of nitrogens with zero attached hydrogens (tertiary/aromatic N) is 2.